The lowest BCUT2D eigenvalue weighted by Crippen LogP contribution is -2.22. The highest BCUT2D eigenvalue weighted by atomic mass is 127. The summed E-state index contributed by atoms with van der Waals surface area (Å²) in [5, 5.41) is 3.17. The summed E-state index contributed by atoms with van der Waals surface area (Å²) in [5.74, 6) is 0.677. The Labute approximate surface area is 188 Å². The molecule has 0 aliphatic carbocycles. The number of methoxy groups -OCH3 is 1. The minimum absolute atomic E-state index is 0. The zero-order valence-corrected chi connectivity index (χ0v) is 18.6. The first-order valence-corrected chi connectivity index (χ1v) is 8.51. The van der Waals surface area contributed by atoms with E-state index in [-0.39, 0.29) is 42.2 Å². The van der Waals surface area contributed by atoms with Gasteiger partial charge in [-0.1, -0.05) is 11.6 Å². The van der Waals surface area contributed by atoms with E-state index in [0.29, 0.717) is 28.8 Å². The molecule has 0 spiro atoms. The molecule has 160 valence electrons. The number of nitrogens with two attached hydrogens (primary N) is 1. The number of anilines is 1. The molecule has 0 aromatic heterocycles. The third kappa shape index (κ3) is 8.05. The number of alkyl halides is 3. The van der Waals surface area contributed by atoms with Crippen molar-refractivity contribution in [2.45, 2.75) is 19.8 Å². The van der Waals surface area contributed by atoms with Crippen LogP contribution in [-0.4, -0.2) is 26.0 Å². The van der Waals surface area contributed by atoms with E-state index in [1.807, 2.05) is 6.92 Å². The van der Waals surface area contributed by atoms with Crippen LogP contribution in [0.3, 0.4) is 0 Å². The molecule has 0 aliphatic heterocycles. The van der Waals surface area contributed by atoms with E-state index >= 15 is 0 Å². The minimum atomic E-state index is -4.74. The molecule has 0 amide bonds. The SMILES string of the molecule is CCOc1c(Cl)cc(CN=C(N)Nc2ccc(OC(F)(F)F)cc2)cc1OC.I. The largest absolute Gasteiger partial charge is 0.573 e. The molecular formula is C18H20ClF3IN3O3. The van der Waals surface area contributed by atoms with E-state index in [0.717, 1.165) is 5.56 Å². The molecule has 6 nitrogen and oxygen atoms in total. The van der Waals surface area contributed by atoms with Crippen LogP contribution in [0, 0.1) is 0 Å². The van der Waals surface area contributed by atoms with Gasteiger partial charge in [0.25, 0.3) is 0 Å². The highest BCUT2D eigenvalue weighted by Crippen LogP contribution is 2.36. The van der Waals surface area contributed by atoms with E-state index in [1.54, 1.807) is 12.1 Å². The Balaban J connectivity index is 0.00000420. The smallest absolute Gasteiger partial charge is 0.493 e. The first-order valence-electron chi connectivity index (χ1n) is 8.13. The van der Waals surface area contributed by atoms with Crippen LogP contribution in [0.4, 0.5) is 18.9 Å². The second-order valence-electron chi connectivity index (χ2n) is 5.44. The Kier molecular flexibility index (Phi) is 9.63. The fourth-order valence-corrected chi connectivity index (χ4v) is 2.54. The number of ether oxygens (including phenoxy) is 3. The second-order valence-corrected chi connectivity index (χ2v) is 5.85. The summed E-state index contributed by atoms with van der Waals surface area (Å²) in [4.78, 5) is 4.18. The standard InChI is InChI=1S/C18H19ClF3N3O3.HI/c1-3-27-16-14(19)8-11(9-15(16)26-2)10-24-17(23)25-12-4-6-13(7-5-12)28-18(20,21)22;/h4-9H,3,10H2,1-2H3,(H3,23,24,25);1H. The van der Waals surface area contributed by atoms with Crippen LogP contribution in [0.5, 0.6) is 17.2 Å². The quantitative estimate of drug-likeness (QED) is 0.284. The average molecular weight is 546 g/mol. The summed E-state index contributed by atoms with van der Waals surface area (Å²) in [7, 11) is 1.50. The minimum Gasteiger partial charge on any atom is -0.493 e. The predicted octanol–water partition coefficient (Wildman–Crippen LogP) is 5.19. The molecule has 0 saturated heterocycles. The van der Waals surface area contributed by atoms with Gasteiger partial charge in [0.1, 0.15) is 5.75 Å². The molecule has 2 aromatic carbocycles. The van der Waals surface area contributed by atoms with E-state index in [9.17, 15) is 13.2 Å². The molecule has 0 aliphatic rings. The van der Waals surface area contributed by atoms with Gasteiger partial charge in [-0.3, -0.25) is 0 Å². The highest BCUT2D eigenvalue weighted by Gasteiger charge is 2.30. The molecule has 29 heavy (non-hydrogen) atoms. The molecule has 0 radical (unpaired) electrons. The van der Waals surface area contributed by atoms with Crippen LogP contribution in [-0.2, 0) is 6.54 Å². The second kappa shape index (κ2) is 11.2. The maximum Gasteiger partial charge on any atom is 0.573 e. The third-order valence-electron chi connectivity index (χ3n) is 3.37. The topological polar surface area (TPSA) is 78.1 Å². The van der Waals surface area contributed by atoms with E-state index in [2.05, 4.69) is 15.0 Å². The van der Waals surface area contributed by atoms with Crippen molar-refractivity contribution in [3.63, 3.8) is 0 Å². The average Bonchev–Trinajstić information content (AvgIpc) is 2.62. The summed E-state index contributed by atoms with van der Waals surface area (Å²) in [5.41, 5.74) is 7.01. The summed E-state index contributed by atoms with van der Waals surface area (Å²) in [6.45, 7) is 2.48. The Morgan fingerprint density at radius 2 is 1.86 bits per heavy atom. The van der Waals surface area contributed by atoms with Crippen LogP contribution in [0.1, 0.15) is 12.5 Å². The molecule has 0 unspecified atom stereocenters. The zero-order chi connectivity index (χ0) is 20.7. The Bertz CT molecular complexity index is 834. The van der Waals surface area contributed by atoms with E-state index in [4.69, 9.17) is 26.8 Å². The normalized spacial score (nSPS) is 11.4. The fourth-order valence-electron chi connectivity index (χ4n) is 2.25. The lowest BCUT2D eigenvalue weighted by atomic mass is 10.2. The number of nitrogens with zero attached hydrogens (tertiary/aromatic N) is 1. The Hall–Kier alpha value is -2.08. The van der Waals surface area contributed by atoms with Gasteiger partial charge in [0.15, 0.2) is 17.5 Å². The van der Waals surface area contributed by atoms with Crippen molar-refractivity contribution >= 4 is 47.2 Å². The number of hydrogen-bond donors (Lipinski definition) is 2. The number of benzene rings is 2. The van der Waals surface area contributed by atoms with Crippen molar-refractivity contribution in [3.8, 4) is 17.2 Å². The van der Waals surface area contributed by atoms with Crippen molar-refractivity contribution in [3.05, 3.63) is 47.0 Å². The van der Waals surface area contributed by atoms with Crippen LogP contribution in [0.2, 0.25) is 5.02 Å². The van der Waals surface area contributed by atoms with Crippen molar-refractivity contribution in [2.24, 2.45) is 10.7 Å². The predicted molar refractivity (Wildman–Crippen MR) is 117 cm³/mol. The van der Waals surface area contributed by atoms with Gasteiger partial charge in [0.2, 0.25) is 0 Å². The van der Waals surface area contributed by atoms with Gasteiger partial charge in [-0.05, 0) is 48.9 Å². The molecule has 2 rings (SSSR count). The van der Waals surface area contributed by atoms with Crippen molar-refractivity contribution < 1.29 is 27.4 Å². The van der Waals surface area contributed by atoms with Gasteiger partial charge < -0.3 is 25.3 Å². The third-order valence-corrected chi connectivity index (χ3v) is 3.65. The van der Waals surface area contributed by atoms with E-state index < -0.39 is 6.36 Å². The van der Waals surface area contributed by atoms with Gasteiger partial charge in [-0.2, -0.15) is 0 Å². The number of hydrogen-bond acceptors (Lipinski definition) is 4. The van der Waals surface area contributed by atoms with Gasteiger partial charge >= 0.3 is 6.36 Å². The molecule has 0 atom stereocenters. The molecule has 0 fully saturated rings. The maximum atomic E-state index is 12.2. The molecule has 0 saturated carbocycles. The summed E-state index contributed by atoms with van der Waals surface area (Å²) >= 11 is 6.21. The van der Waals surface area contributed by atoms with Crippen molar-refractivity contribution in [1.29, 1.82) is 0 Å². The molecule has 0 bridgehead atoms. The lowest BCUT2D eigenvalue weighted by Gasteiger charge is -2.13. The molecular weight excluding hydrogens is 526 g/mol. The van der Waals surface area contributed by atoms with Gasteiger partial charge in [0, 0.05) is 5.69 Å². The fraction of sp³-hybridized carbons (Fsp3) is 0.278. The number of nitrogens with one attached hydrogen (secondary N) is 1. The van der Waals surface area contributed by atoms with Gasteiger partial charge in [0.05, 0.1) is 25.3 Å². The summed E-state index contributed by atoms with van der Waals surface area (Å²) < 4.78 is 51.0. The summed E-state index contributed by atoms with van der Waals surface area (Å²) in [6.07, 6.45) is -4.74. The monoisotopic (exact) mass is 545 g/mol. The number of aliphatic imine (C=N–C) groups is 1. The first kappa shape index (κ1) is 25.0. The van der Waals surface area contributed by atoms with Crippen LogP contribution < -0.4 is 25.3 Å². The van der Waals surface area contributed by atoms with Crippen LogP contribution >= 0.6 is 35.6 Å². The molecule has 2 aromatic rings. The lowest BCUT2D eigenvalue weighted by molar-refractivity contribution is -0.274. The first-order chi connectivity index (χ1) is 13.2. The number of halogens is 5. The van der Waals surface area contributed by atoms with Gasteiger partial charge in [-0.25, -0.2) is 4.99 Å². The summed E-state index contributed by atoms with van der Waals surface area (Å²) in [6, 6.07) is 8.53. The Morgan fingerprint density at radius 3 is 2.41 bits per heavy atom. The van der Waals surface area contributed by atoms with Gasteiger partial charge in [-0.15, -0.1) is 37.1 Å². The maximum absolute atomic E-state index is 12.2. The zero-order valence-electron chi connectivity index (χ0n) is 15.5. The van der Waals surface area contributed by atoms with Crippen LogP contribution in [0.25, 0.3) is 0 Å². The van der Waals surface area contributed by atoms with Crippen molar-refractivity contribution in [1.82, 2.24) is 0 Å². The molecule has 3 N–H and O–H groups in total. The van der Waals surface area contributed by atoms with Crippen molar-refractivity contribution in [2.75, 3.05) is 19.0 Å². The molecule has 0 heterocycles. The molecule has 11 heteroatoms. The Morgan fingerprint density at radius 1 is 1.21 bits per heavy atom. The van der Waals surface area contributed by atoms with Crippen LogP contribution in [0.15, 0.2) is 41.4 Å². The number of rotatable bonds is 7. The van der Waals surface area contributed by atoms with E-state index in [1.165, 1.54) is 31.4 Å². The number of guanidine groups is 1. The highest BCUT2D eigenvalue weighted by molar-refractivity contribution is 14.0.